The van der Waals surface area contributed by atoms with Gasteiger partial charge in [0.1, 0.15) is 13.2 Å². The van der Waals surface area contributed by atoms with E-state index in [0.29, 0.717) is 17.4 Å². The third-order valence-corrected chi connectivity index (χ3v) is 16.2. The Morgan fingerprint density at radius 1 is 0.358 bits per heavy atom. The number of carboxylic acid groups (broad SMARTS) is 1. The Morgan fingerprint density at radius 3 is 0.914 bits per heavy atom. The van der Waals surface area contributed by atoms with Crippen molar-refractivity contribution in [2.75, 3.05) is 47.5 Å². The van der Waals surface area contributed by atoms with Crippen molar-refractivity contribution in [1.82, 2.24) is 0 Å². The summed E-state index contributed by atoms with van der Waals surface area (Å²) in [7, 11) is 5.99. The second-order valence-electron chi connectivity index (χ2n) is 25.5. The molecule has 0 amide bonds. The van der Waals surface area contributed by atoms with Gasteiger partial charge < -0.3 is 28.5 Å². The number of nitrogens with zero attached hydrogens (tertiary/aromatic N) is 1. The minimum atomic E-state index is -1.51. The molecule has 0 bridgehead atoms. The number of aliphatic carboxylic acids is 1. The molecule has 9 heteroatoms. The van der Waals surface area contributed by atoms with Gasteiger partial charge in [-0.25, -0.2) is 4.79 Å². The lowest BCUT2D eigenvalue weighted by atomic mass is 10.0. The van der Waals surface area contributed by atoms with Gasteiger partial charge in [0.2, 0.25) is 0 Å². The highest BCUT2D eigenvalue weighted by Crippen LogP contribution is 2.19. The molecule has 0 rings (SSSR count). The number of likely N-dealkylation sites (N-methyl/N-ethyl adjacent to an activating group) is 1. The van der Waals surface area contributed by atoms with Gasteiger partial charge in [0, 0.05) is 12.8 Å². The molecule has 0 heterocycles. The lowest BCUT2D eigenvalue weighted by Gasteiger charge is -2.25. The molecule has 81 heavy (non-hydrogen) atoms. The topological polar surface area (TPSA) is 108 Å². The molecule has 0 aliphatic carbocycles. The van der Waals surface area contributed by atoms with Crippen LogP contribution in [0.15, 0.2) is 24.3 Å². The first-order chi connectivity index (χ1) is 39.6. The van der Waals surface area contributed by atoms with E-state index in [4.69, 9.17) is 18.9 Å². The molecule has 0 radical (unpaired) electrons. The zero-order valence-electron chi connectivity index (χ0n) is 54.7. The monoisotopic (exact) mass is 1150 g/mol. The van der Waals surface area contributed by atoms with E-state index in [1.54, 1.807) is 0 Å². The van der Waals surface area contributed by atoms with Gasteiger partial charge in [-0.15, -0.1) is 0 Å². The van der Waals surface area contributed by atoms with E-state index < -0.39 is 18.4 Å². The molecule has 9 nitrogen and oxygen atoms in total. The Bertz CT molecular complexity index is 1380. The average Bonchev–Trinajstić information content (AvgIpc) is 3.44. The lowest BCUT2D eigenvalue weighted by molar-refractivity contribution is -0.870. The van der Waals surface area contributed by atoms with Gasteiger partial charge in [0.25, 0.3) is 6.29 Å². The molecule has 0 saturated heterocycles. The Hall–Kier alpha value is -2.23. The van der Waals surface area contributed by atoms with Gasteiger partial charge in [0.05, 0.1) is 34.4 Å². The number of carbonyl (C=O) groups excluding carboxylic acids is 2. The summed E-state index contributed by atoms with van der Waals surface area (Å²) in [6, 6.07) is 0. The average molecular weight is 1150 g/mol. The van der Waals surface area contributed by atoms with Crippen LogP contribution in [0.4, 0.5) is 0 Å². The van der Waals surface area contributed by atoms with Gasteiger partial charge in [-0.05, 0) is 64.2 Å². The van der Waals surface area contributed by atoms with Gasteiger partial charge >= 0.3 is 17.9 Å². The van der Waals surface area contributed by atoms with E-state index >= 15 is 0 Å². The van der Waals surface area contributed by atoms with Gasteiger partial charge in [0.15, 0.2) is 6.10 Å². The molecule has 0 aliphatic rings. The maximum Gasteiger partial charge on any atom is 0.361 e. The Labute approximate surface area is 503 Å². The van der Waals surface area contributed by atoms with Gasteiger partial charge in [-0.3, -0.25) is 9.59 Å². The Morgan fingerprint density at radius 2 is 0.630 bits per heavy atom. The van der Waals surface area contributed by atoms with Crippen molar-refractivity contribution in [2.45, 2.75) is 373 Å². The maximum atomic E-state index is 12.9. The first-order valence-electron chi connectivity index (χ1n) is 35.5. The summed E-state index contributed by atoms with van der Waals surface area (Å²) in [5.41, 5.74) is 0. The van der Waals surface area contributed by atoms with Crippen LogP contribution in [0.1, 0.15) is 361 Å². The number of ether oxygens (including phenoxy) is 4. The Balaban J connectivity index is 4.06. The third-order valence-electron chi connectivity index (χ3n) is 16.2. The largest absolute Gasteiger partial charge is 0.477 e. The number of hydrogen-bond donors (Lipinski definition) is 1. The predicted octanol–water partition coefficient (Wildman–Crippen LogP) is 21.8. The van der Waals surface area contributed by atoms with Crippen LogP contribution in [0, 0.1) is 0 Å². The number of carboxylic acids is 1. The second-order valence-corrected chi connectivity index (χ2v) is 25.5. The summed E-state index contributed by atoms with van der Waals surface area (Å²) in [6.07, 6.45) is 75.8. The molecular formula is C72H138NO8+. The number of carbonyl (C=O) groups is 3. The molecular weight excluding hydrogens is 1010 g/mol. The summed E-state index contributed by atoms with van der Waals surface area (Å²) in [4.78, 5) is 37.6. The van der Waals surface area contributed by atoms with Crippen LogP contribution in [-0.2, 0) is 33.3 Å². The summed E-state index contributed by atoms with van der Waals surface area (Å²) in [6.45, 7) is 4.95. The van der Waals surface area contributed by atoms with Crippen molar-refractivity contribution in [3.63, 3.8) is 0 Å². The fourth-order valence-electron chi connectivity index (χ4n) is 10.7. The van der Waals surface area contributed by atoms with E-state index in [1.165, 1.54) is 295 Å². The third kappa shape index (κ3) is 65.2. The first-order valence-corrected chi connectivity index (χ1v) is 35.5. The lowest BCUT2D eigenvalue weighted by Crippen LogP contribution is -2.40. The van der Waals surface area contributed by atoms with Gasteiger partial charge in [-0.2, -0.15) is 0 Å². The molecule has 0 aliphatic heterocycles. The van der Waals surface area contributed by atoms with Crippen LogP contribution < -0.4 is 0 Å². The van der Waals surface area contributed by atoms with Crippen LogP contribution in [-0.4, -0.2) is 87.4 Å². The molecule has 478 valence electrons. The SMILES string of the molecule is CCCCCCCCCC/C=C\CCCCCCCCCCCCCCCCCCCC(=O)OC(COC(=O)CCCCCCCCCCCCCCCCC/C=C\CCCCCCCCCC)COC(OCC[N+](C)(C)C)C(=O)O. The molecule has 0 fully saturated rings. The fraction of sp³-hybridized carbons (Fsp3) is 0.903. The van der Waals surface area contributed by atoms with E-state index in [0.717, 1.165) is 38.5 Å². The normalized spacial score (nSPS) is 12.8. The summed E-state index contributed by atoms with van der Waals surface area (Å²) in [5.74, 6) is -1.97. The van der Waals surface area contributed by atoms with Crippen LogP contribution in [0.2, 0.25) is 0 Å². The molecule has 0 aromatic carbocycles. The number of quaternary nitrogens is 1. The maximum absolute atomic E-state index is 12.9. The molecule has 0 spiro atoms. The van der Waals surface area contributed by atoms with Crippen molar-refractivity contribution in [1.29, 1.82) is 0 Å². The Kier molecular flexibility index (Phi) is 62.0. The minimum Gasteiger partial charge on any atom is -0.477 e. The number of esters is 2. The number of hydrogen-bond acceptors (Lipinski definition) is 7. The zero-order valence-corrected chi connectivity index (χ0v) is 54.7. The van der Waals surface area contributed by atoms with Crippen molar-refractivity contribution in [3.05, 3.63) is 24.3 Å². The van der Waals surface area contributed by atoms with Crippen molar-refractivity contribution >= 4 is 17.9 Å². The van der Waals surface area contributed by atoms with Gasteiger partial charge in [-0.1, -0.05) is 308 Å². The number of unbranched alkanes of at least 4 members (excludes halogenated alkanes) is 48. The molecule has 0 saturated carbocycles. The molecule has 1 N–H and O–H groups in total. The highest BCUT2D eigenvalue weighted by molar-refractivity contribution is 5.71. The van der Waals surface area contributed by atoms with E-state index in [1.807, 2.05) is 21.1 Å². The summed E-state index contributed by atoms with van der Waals surface area (Å²) in [5, 5.41) is 9.75. The molecule has 0 aromatic rings. The van der Waals surface area contributed by atoms with Crippen LogP contribution in [0.3, 0.4) is 0 Å². The molecule has 2 unspecified atom stereocenters. The molecule has 0 aromatic heterocycles. The number of rotatable bonds is 67. The second kappa shape index (κ2) is 63.8. The standard InChI is InChI=1S/C72H137NO8/c1-6-8-10-12-14-16-18-20-22-24-26-28-30-32-34-35-37-39-41-43-45-47-49-51-53-55-57-59-61-63-70(75)81-68(67-80-72(71(76)77)78-65-64-73(3,4)5)66-79-69(74)62-60-58-56-54-52-50-48-46-44-42-40-38-36-33-31-29-27-25-23-21-19-17-15-13-11-9-7-2/h24-27,68,72H,6-23,28-67H2,1-5H3/p+1/b26-24-,27-25-. The van der Waals surface area contributed by atoms with Crippen LogP contribution in [0.25, 0.3) is 0 Å². The first kappa shape index (κ1) is 78.8. The predicted molar refractivity (Wildman–Crippen MR) is 346 cm³/mol. The van der Waals surface area contributed by atoms with E-state index in [9.17, 15) is 19.5 Å². The zero-order chi connectivity index (χ0) is 59.1. The van der Waals surface area contributed by atoms with Crippen LogP contribution in [0.5, 0.6) is 0 Å². The minimum absolute atomic E-state index is 0.176. The van der Waals surface area contributed by atoms with E-state index in [2.05, 4.69) is 38.2 Å². The van der Waals surface area contributed by atoms with Crippen molar-refractivity contribution < 1.29 is 42.9 Å². The quantitative estimate of drug-likeness (QED) is 0.0211. The van der Waals surface area contributed by atoms with Crippen molar-refractivity contribution in [2.24, 2.45) is 0 Å². The van der Waals surface area contributed by atoms with E-state index in [-0.39, 0.29) is 38.2 Å². The fourth-order valence-corrected chi connectivity index (χ4v) is 10.7. The smallest absolute Gasteiger partial charge is 0.361 e. The highest BCUT2D eigenvalue weighted by Gasteiger charge is 2.25. The van der Waals surface area contributed by atoms with Crippen LogP contribution >= 0.6 is 0 Å². The summed E-state index contributed by atoms with van der Waals surface area (Å²) >= 11 is 0. The molecule has 2 atom stereocenters. The summed E-state index contributed by atoms with van der Waals surface area (Å²) < 4.78 is 23.0. The van der Waals surface area contributed by atoms with Crippen molar-refractivity contribution in [3.8, 4) is 0 Å². The highest BCUT2D eigenvalue weighted by atomic mass is 16.7. The number of allylic oxidation sites excluding steroid dienone is 4.